The minimum atomic E-state index is 0.225. The molecule has 0 amide bonds. The molecular weight excluding hydrogens is 258 g/mol. The summed E-state index contributed by atoms with van der Waals surface area (Å²) in [5, 5.41) is 7.99. The second-order valence-electron chi connectivity index (χ2n) is 5.09. The number of hydrogen-bond acceptors (Lipinski definition) is 5. The first kappa shape index (κ1) is 12.7. The molecule has 0 saturated carbocycles. The van der Waals surface area contributed by atoms with Crippen LogP contribution in [0, 0.1) is 5.92 Å². The Balaban J connectivity index is 2.08. The Bertz CT molecular complexity index is 649. The second-order valence-corrected chi connectivity index (χ2v) is 5.09. The third-order valence-electron chi connectivity index (χ3n) is 3.06. The maximum Gasteiger partial charge on any atom is 0.231 e. The van der Waals surface area contributed by atoms with Crippen molar-refractivity contribution >= 4 is 6.29 Å². The first-order valence-corrected chi connectivity index (χ1v) is 6.47. The summed E-state index contributed by atoms with van der Waals surface area (Å²) >= 11 is 0. The van der Waals surface area contributed by atoms with E-state index >= 15 is 0 Å². The smallest absolute Gasteiger partial charge is 0.231 e. The predicted octanol–water partition coefficient (Wildman–Crippen LogP) is 2.14. The minimum Gasteiger partial charge on any atom is -0.454 e. The molecule has 3 rings (SSSR count). The van der Waals surface area contributed by atoms with E-state index in [1.807, 2.05) is 18.2 Å². The van der Waals surface area contributed by atoms with Gasteiger partial charge in [-0.2, -0.15) is 0 Å². The van der Waals surface area contributed by atoms with Gasteiger partial charge in [-0.1, -0.05) is 19.1 Å². The molecule has 1 aromatic heterocycles. The van der Waals surface area contributed by atoms with Gasteiger partial charge in [-0.15, -0.1) is 5.10 Å². The number of benzene rings is 1. The summed E-state index contributed by atoms with van der Waals surface area (Å²) in [6.07, 6.45) is 0.726. The van der Waals surface area contributed by atoms with Gasteiger partial charge in [0, 0.05) is 12.1 Å². The molecule has 0 N–H and O–H groups in total. The molecule has 0 aliphatic carbocycles. The molecule has 1 aliphatic rings. The van der Waals surface area contributed by atoms with Crippen LogP contribution in [-0.4, -0.2) is 28.1 Å². The van der Waals surface area contributed by atoms with E-state index in [-0.39, 0.29) is 6.79 Å². The molecule has 20 heavy (non-hydrogen) atoms. The van der Waals surface area contributed by atoms with E-state index in [1.54, 1.807) is 4.68 Å². The van der Waals surface area contributed by atoms with Gasteiger partial charge >= 0.3 is 0 Å². The molecule has 0 radical (unpaired) electrons. The normalized spacial score (nSPS) is 12.9. The lowest BCUT2D eigenvalue weighted by atomic mass is 10.1. The molecule has 2 heterocycles. The van der Waals surface area contributed by atoms with E-state index in [2.05, 4.69) is 24.2 Å². The fourth-order valence-electron chi connectivity index (χ4n) is 2.22. The van der Waals surface area contributed by atoms with Gasteiger partial charge in [0.15, 0.2) is 23.5 Å². The number of aromatic nitrogens is 3. The van der Waals surface area contributed by atoms with Crippen molar-refractivity contribution in [1.29, 1.82) is 0 Å². The molecule has 0 bridgehead atoms. The highest BCUT2D eigenvalue weighted by molar-refractivity contribution is 5.83. The second kappa shape index (κ2) is 4.96. The highest BCUT2D eigenvalue weighted by atomic mass is 16.7. The number of hydrogen-bond donors (Lipinski definition) is 0. The van der Waals surface area contributed by atoms with Crippen molar-refractivity contribution in [2.24, 2.45) is 5.92 Å². The molecule has 104 valence electrons. The van der Waals surface area contributed by atoms with Gasteiger partial charge in [0.2, 0.25) is 6.79 Å². The topological polar surface area (TPSA) is 66.2 Å². The average Bonchev–Trinajstić information content (AvgIpc) is 3.03. The van der Waals surface area contributed by atoms with E-state index in [0.717, 1.165) is 11.8 Å². The Morgan fingerprint density at radius 1 is 1.35 bits per heavy atom. The Labute approximate surface area is 116 Å². The fraction of sp³-hybridized carbons (Fsp3) is 0.357. The summed E-state index contributed by atoms with van der Waals surface area (Å²) in [4.78, 5) is 11.2. The van der Waals surface area contributed by atoms with Gasteiger partial charge in [0.1, 0.15) is 0 Å². The van der Waals surface area contributed by atoms with Crippen LogP contribution in [0.4, 0.5) is 0 Å². The summed E-state index contributed by atoms with van der Waals surface area (Å²) in [7, 11) is 0. The molecule has 0 fully saturated rings. The van der Waals surface area contributed by atoms with Crippen molar-refractivity contribution in [1.82, 2.24) is 15.0 Å². The van der Waals surface area contributed by atoms with Crippen LogP contribution in [0.25, 0.3) is 11.3 Å². The number of carbonyl (C=O) groups is 1. The third-order valence-corrected chi connectivity index (χ3v) is 3.06. The summed E-state index contributed by atoms with van der Waals surface area (Å²) in [6, 6.07) is 5.57. The van der Waals surface area contributed by atoms with E-state index < -0.39 is 0 Å². The Morgan fingerprint density at radius 3 is 2.90 bits per heavy atom. The van der Waals surface area contributed by atoms with E-state index in [0.29, 0.717) is 35.3 Å². The largest absolute Gasteiger partial charge is 0.454 e. The highest BCUT2D eigenvalue weighted by Gasteiger charge is 2.19. The summed E-state index contributed by atoms with van der Waals surface area (Å²) < 4.78 is 12.4. The molecule has 2 aromatic rings. The molecule has 1 aliphatic heterocycles. The van der Waals surface area contributed by atoms with Crippen LogP contribution in [0.1, 0.15) is 24.3 Å². The summed E-state index contributed by atoms with van der Waals surface area (Å²) in [6.45, 7) is 5.10. The standard InChI is InChI=1S/C14H15N3O3/c1-9(2)6-17-14(11(7-18)15-16-17)10-3-4-12-13(5-10)20-8-19-12/h3-5,7,9H,6,8H2,1-2H3. The van der Waals surface area contributed by atoms with Crippen molar-refractivity contribution in [3.8, 4) is 22.8 Å². The minimum absolute atomic E-state index is 0.225. The fourth-order valence-corrected chi connectivity index (χ4v) is 2.22. The zero-order chi connectivity index (χ0) is 14.1. The summed E-state index contributed by atoms with van der Waals surface area (Å²) in [5.41, 5.74) is 1.90. The number of carbonyl (C=O) groups excluding carboxylic acids is 1. The van der Waals surface area contributed by atoms with Crippen molar-refractivity contribution in [2.75, 3.05) is 6.79 Å². The van der Waals surface area contributed by atoms with Gasteiger partial charge < -0.3 is 9.47 Å². The zero-order valence-corrected chi connectivity index (χ0v) is 11.4. The van der Waals surface area contributed by atoms with Crippen molar-refractivity contribution < 1.29 is 14.3 Å². The zero-order valence-electron chi connectivity index (χ0n) is 11.4. The number of fused-ring (bicyclic) bond motifs is 1. The van der Waals surface area contributed by atoms with Crippen molar-refractivity contribution in [3.05, 3.63) is 23.9 Å². The first-order valence-electron chi connectivity index (χ1n) is 6.47. The lowest BCUT2D eigenvalue weighted by molar-refractivity contribution is 0.111. The predicted molar refractivity (Wildman–Crippen MR) is 71.8 cm³/mol. The molecule has 6 nitrogen and oxygen atoms in total. The van der Waals surface area contributed by atoms with Gasteiger partial charge in [-0.3, -0.25) is 4.79 Å². The molecule has 1 aromatic carbocycles. The average molecular weight is 273 g/mol. The molecular formula is C14H15N3O3. The lowest BCUT2D eigenvalue weighted by Gasteiger charge is -2.09. The van der Waals surface area contributed by atoms with Crippen LogP contribution >= 0.6 is 0 Å². The van der Waals surface area contributed by atoms with E-state index in [1.165, 1.54) is 0 Å². The van der Waals surface area contributed by atoms with Crippen LogP contribution in [0.15, 0.2) is 18.2 Å². The Hall–Kier alpha value is -2.37. The maximum absolute atomic E-state index is 11.2. The molecule has 0 spiro atoms. The van der Waals surface area contributed by atoms with Gasteiger partial charge in [0.25, 0.3) is 0 Å². The molecule has 6 heteroatoms. The molecule has 0 unspecified atom stereocenters. The first-order chi connectivity index (χ1) is 9.69. The Kier molecular flexibility index (Phi) is 3.14. The third kappa shape index (κ3) is 2.13. The van der Waals surface area contributed by atoms with E-state index in [9.17, 15) is 4.79 Å². The number of nitrogens with zero attached hydrogens (tertiary/aromatic N) is 3. The van der Waals surface area contributed by atoms with Crippen LogP contribution in [0.5, 0.6) is 11.5 Å². The van der Waals surface area contributed by atoms with Gasteiger partial charge in [-0.25, -0.2) is 4.68 Å². The van der Waals surface area contributed by atoms with Crippen LogP contribution in [0.2, 0.25) is 0 Å². The van der Waals surface area contributed by atoms with Gasteiger partial charge in [-0.05, 0) is 24.1 Å². The SMILES string of the molecule is CC(C)Cn1nnc(C=O)c1-c1ccc2c(c1)OCO2. The highest BCUT2D eigenvalue weighted by Crippen LogP contribution is 2.36. The van der Waals surface area contributed by atoms with Crippen LogP contribution in [-0.2, 0) is 6.54 Å². The quantitative estimate of drug-likeness (QED) is 0.798. The monoisotopic (exact) mass is 273 g/mol. The van der Waals surface area contributed by atoms with Crippen molar-refractivity contribution in [2.45, 2.75) is 20.4 Å². The summed E-state index contributed by atoms with van der Waals surface area (Å²) in [5.74, 6) is 1.80. The number of ether oxygens (including phenoxy) is 2. The molecule has 0 atom stereocenters. The van der Waals surface area contributed by atoms with Crippen LogP contribution < -0.4 is 9.47 Å². The van der Waals surface area contributed by atoms with Gasteiger partial charge in [0.05, 0.1) is 5.69 Å². The Morgan fingerprint density at radius 2 is 2.15 bits per heavy atom. The maximum atomic E-state index is 11.2. The molecule has 0 saturated heterocycles. The van der Waals surface area contributed by atoms with Crippen molar-refractivity contribution in [3.63, 3.8) is 0 Å². The van der Waals surface area contributed by atoms with Crippen LogP contribution in [0.3, 0.4) is 0 Å². The van der Waals surface area contributed by atoms with E-state index in [4.69, 9.17) is 9.47 Å². The number of aldehydes is 1. The lowest BCUT2D eigenvalue weighted by Crippen LogP contribution is -2.08. The number of rotatable bonds is 4.